The Morgan fingerprint density at radius 3 is 1.00 bits per heavy atom. The first-order valence-corrected chi connectivity index (χ1v) is 21.7. The molecule has 0 atom stereocenters. The fourth-order valence-corrected chi connectivity index (χ4v) is 13.9. The van der Waals surface area contributed by atoms with E-state index in [1.54, 1.807) is 0 Å². The summed E-state index contributed by atoms with van der Waals surface area (Å²) in [6, 6.07) is 69.3. The van der Waals surface area contributed by atoms with Crippen molar-refractivity contribution in [3.8, 4) is 11.1 Å². The minimum absolute atomic E-state index is 0.0841. The van der Waals surface area contributed by atoms with Crippen molar-refractivity contribution in [3.05, 3.63) is 217 Å². The highest BCUT2D eigenvalue weighted by Gasteiger charge is 2.35. The Morgan fingerprint density at radius 1 is 0.333 bits per heavy atom. The predicted molar refractivity (Wildman–Crippen MR) is 227 cm³/mol. The molecule has 3 nitrogen and oxygen atoms in total. The maximum Gasteiger partial charge on any atom is 0.171 e. The fourth-order valence-electron chi connectivity index (χ4n) is 8.55. The molecule has 9 aromatic rings. The summed E-state index contributed by atoms with van der Waals surface area (Å²) in [5, 5.41) is 6.63. The topological polar surface area (TPSA) is 39.1 Å². The van der Waals surface area contributed by atoms with E-state index in [0.29, 0.717) is 0 Å². The Balaban J connectivity index is 1.30. The highest BCUT2D eigenvalue weighted by atomic mass is 31.2. The minimum Gasteiger partial charge on any atom is -0.329 e. The normalized spacial score (nSPS) is 12.9. The second-order valence-electron chi connectivity index (χ2n) is 13.9. The SMILES string of the molecule is O=P(c1ccccc1)(c1ccccc1)c1ccc2c(c1)c1cc(P(=O)(c3ccccc3)c3ccccc3)ccc1n2C1c2ccccc2-c2ccccc21. The van der Waals surface area contributed by atoms with E-state index in [-0.39, 0.29) is 6.04 Å². The summed E-state index contributed by atoms with van der Waals surface area (Å²) < 4.78 is 33.9. The Hall–Kier alpha value is -5.98. The molecule has 0 fully saturated rings. The van der Waals surface area contributed by atoms with Crippen molar-refractivity contribution in [1.82, 2.24) is 4.57 Å². The summed E-state index contributed by atoms with van der Waals surface area (Å²) in [5.41, 5.74) is 7.01. The zero-order valence-electron chi connectivity index (χ0n) is 29.4. The second kappa shape index (κ2) is 12.9. The van der Waals surface area contributed by atoms with Gasteiger partial charge >= 0.3 is 0 Å². The summed E-state index contributed by atoms with van der Waals surface area (Å²) in [4.78, 5) is 0. The van der Waals surface area contributed by atoms with Crippen molar-refractivity contribution >= 4 is 67.9 Å². The molecular weight excluding hydrogens is 696 g/mol. The first-order valence-electron chi connectivity index (χ1n) is 18.3. The highest BCUT2D eigenvalue weighted by molar-refractivity contribution is 7.85. The number of hydrogen-bond acceptors (Lipinski definition) is 2. The number of rotatable bonds is 7. The smallest absolute Gasteiger partial charge is 0.171 e. The van der Waals surface area contributed by atoms with Gasteiger partial charge in [-0.3, -0.25) is 0 Å². The van der Waals surface area contributed by atoms with Crippen LogP contribution in [0.1, 0.15) is 17.2 Å². The van der Waals surface area contributed by atoms with Crippen LogP contribution in [-0.2, 0) is 9.13 Å². The average Bonchev–Trinajstić information content (AvgIpc) is 3.75. The van der Waals surface area contributed by atoms with E-state index < -0.39 is 14.3 Å². The van der Waals surface area contributed by atoms with Gasteiger partial charge in [0.2, 0.25) is 0 Å². The summed E-state index contributed by atoms with van der Waals surface area (Å²) in [7, 11) is -6.57. The summed E-state index contributed by atoms with van der Waals surface area (Å²) in [5.74, 6) is 0. The van der Waals surface area contributed by atoms with Gasteiger partial charge in [-0.05, 0) is 58.7 Å². The van der Waals surface area contributed by atoms with Gasteiger partial charge in [0.05, 0.1) is 17.1 Å². The lowest BCUT2D eigenvalue weighted by atomic mass is 10.0. The lowest BCUT2D eigenvalue weighted by Crippen LogP contribution is -2.25. The molecule has 0 saturated heterocycles. The van der Waals surface area contributed by atoms with Crippen LogP contribution in [0.5, 0.6) is 0 Å². The van der Waals surface area contributed by atoms with Crippen molar-refractivity contribution in [2.24, 2.45) is 0 Å². The van der Waals surface area contributed by atoms with Gasteiger partial charge in [0.15, 0.2) is 14.3 Å². The van der Waals surface area contributed by atoms with Crippen LogP contribution >= 0.6 is 14.3 Å². The first kappa shape index (κ1) is 32.7. The molecule has 1 aromatic heterocycles. The van der Waals surface area contributed by atoms with E-state index in [1.165, 1.54) is 22.3 Å². The van der Waals surface area contributed by atoms with Crippen molar-refractivity contribution in [1.29, 1.82) is 0 Å². The zero-order chi connectivity index (χ0) is 36.3. The predicted octanol–water partition coefficient (Wildman–Crippen LogP) is 9.69. The number of nitrogens with zero attached hydrogens (tertiary/aromatic N) is 1. The molecule has 0 N–H and O–H groups in total. The number of benzene rings is 8. The van der Waals surface area contributed by atoms with Crippen molar-refractivity contribution < 1.29 is 9.13 Å². The third-order valence-electron chi connectivity index (χ3n) is 11.0. The van der Waals surface area contributed by atoms with Crippen LogP contribution in [0.3, 0.4) is 0 Å². The molecule has 0 bridgehead atoms. The van der Waals surface area contributed by atoms with E-state index in [1.807, 2.05) is 121 Å². The van der Waals surface area contributed by atoms with Gasteiger partial charge in [0.25, 0.3) is 0 Å². The van der Waals surface area contributed by atoms with Crippen LogP contribution in [0.2, 0.25) is 0 Å². The lowest BCUT2D eigenvalue weighted by molar-refractivity contribution is 0.591. The van der Waals surface area contributed by atoms with Gasteiger partial charge in [-0.1, -0.05) is 170 Å². The second-order valence-corrected chi connectivity index (χ2v) is 19.4. The molecule has 0 radical (unpaired) electrons. The Kier molecular flexibility index (Phi) is 7.77. The van der Waals surface area contributed by atoms with E-state index in [9.17, 15) is 0 Å². The fraction of sp³-hybridized carbons (Fsp3) is 0.0204. The highest BCUT2D eigenvalue weighted by Crippen LogP contribution is 2.50. The standard InChI is InChI=1S/C49H35NO2P2/c51-53(35-17-5-1-6-18-35,36-19-7-2-8-20-36)39-29-31-47-45(33-39)46-34-40(54(52,37-21-9-3-10-22-37)38-23-11-4-12-24-38)30-32-48(46)50(47)49-43-27-15-13-25-41(43)42-26-14-16-28-44(42)49/h1-34,49H. The molecule has 0 spiro atoms. The Labute approximate surface area is 314 Å². The molecule has 1 aliphatic carbocycles. The van der Waals surface area contributed by atoms with E-state index in [4.69, 9.17) is 0 Å². The van der Waals surface area contributed by atoms with E-state index >= 15 is 9.13 Å². The minimum atomic E-state index is -3.29. The molecule has 54 heavy (non-hydrogen) atoms. The molecule has 8 aromatic carbocycles. The van der Waals surface area contributed by atoms with Crippen molar-refractivity contribution in [2.75, 3.05) is 0 Å². The monoisotopic (exact) mass is 731 g/mol. The van der Waals surface area contributed by atoms with Crippen LogP contribution in [0.15, 0.2) is 206 Å². The van der Waals surface area contributed by atoms with Crippen molar-refractivity contribution in [3.63, 3.8) is 0 Å². The molecule has 10 rings (SSSR count). The third kappa shape index (κ3) is 4.90. The molecule has 258 valence electrons. The molecule has 5 heteroatoms. The number of hydrogen-bond donors (Lipinski definition) is 0. The average molecular weight is 732 g/mol. The summed E-state index contributed by atoms with van der Waals surface area (Å²) in [6.07, 6.45) is 0. The van der Waals surface area contributed by atoms with Crippen LogP contribution < -0.4 is 31.8 Å². The maximum absolute atomic E-state index is 15.7. The van der Waals surface area contributed by atoms with Gasteiger partial charge in [-0.2, -0.15) is 0 Å². The van der Waals surface area contributed by atoms with Gasteiger partial charge in [-0.25, -0.2) is 0 Å². The van der Waals surface area contributed by atoms with Gasteiger partial charge in [0.1, 0.15) is 0 Å². The molecule has 1 aliphatic rings. The van der Waals surface area contributed by atoms with Crippen LogP contribution in [-0.4, -0.2) is 4.57 Å². The van der Waals surface area contributed by atoms with Crippen LogP contribution in [0.4, 0.5) is 0 Å². The first-order chi connectivity index (χ1) is 26.6. The molecule has 0 saturated carbocycles. The van der Waals surface area contributed by atoms with Gasteiger partial charge in [0, 0.05) is 42.6 Å². The van der Waals surface area contributed by atoms with E-state index in [2.05, 4.69) is 89.5 Å². The Morgan fingerprint density at radius 2 is 0.648 bits per heavy atom. The number of aromatic nitrogens is 1. The molecule has 0 aliphatic heterocycles. The third-order valence-corrected chi connectivity index (χ3v) is 17.1. The largest absolute Gasteiger partial charge is 0.329 e. The molecular formula is C49H35NO2P2. The van der Waals surface area contributed by atoms with Crippen LogP contribution in [0.25, 0.3) is 32.9 Å². The quantitative estimate of drug-likeness (QED) is 0.153. The molecule has 0 unspecified atom stereocenters. The summed E-state index contributed by atoms with van der Waals surface area (Å²) in [6.45, 7) is 0. The van der Waals surface area contributed by atoms with E-state index in [0.717, 1.165) is 53.6 Å². The van der Waals surface area contributed by atoms with Gasteiger partial charge < -0.3 is 13.7 Å². The summed E-state index contributed by atoms with van der Waals surface area (Å²) >= 11 is 0. The van der Waals surface area contributed by atoms with Gasteiger partial charge in [-0.15, -0.1) is 0 Å². The Bertz CT molecular complexity index is 2650. The van der Waals surface area contributed by atoms with Crippen molar-refractivity contribution in [2.45, 2.75) is 6.04 Å². The lowest BCUT2D eigenvalue weighted by Gasteiger charge is -2.22. The molecule has 1 heterocycles. The number of fused-ring (bicyclic) bond motifs is 6. The zero-order valence-corrected chi connectivity index (χ0v) is 31.2. The molecule has 0 amide bonds. The maximum atomic E-state index is 15.7. The van der Waals surface area contributed by atoms with Crippen LogP contribution in [0, 0.1) is 0 Å².